The van der Waals surface area contributed by atoms with Crippen molar-refractivity contribution in [1.82, 2.24) is 0 Å². The largest absolute Gasteiger partial charge is 0.456 e. The lowest BCUT2D eigenvalue weighted by Crippen LogP contribution is -2.26. The number of hydrogen-bond donors (Lipinski definition) is 2. The third-order valence-electron chi connectivity index (χ3n) is 4.76. The third-order valence-corrected chi connectivity index (χ3v) is 4.76. The van der Waals surface area contributed by atoms with E-state index in [1.54, 1.807) is 12.1 Å². The van der Waals surface area contributed by atoms with Crippen molar-refractivity contribution in [2.75, 3.05) is 13.2 Å². The molecule has 4 N–H and O–H groups in total. The Hall–Kier alpha value is -2.08. The number of rotatable bonds is 8. The van der Waals surface area contributed by atoms with Crippen LogP contribution >= 0.6 is 0 Å². The fourth-order valence-electron chi connectivity index (χ4n) is 3.33. The molecule has 1 unspecified atom stereocenters. The van der Waals surface area contributed by atoms with Gasteiger partial charge in [-0.05, 0) is 49.4 Å². The summed E-state index contributed by atoms with van der Waals surface area (Å²) in [7, 11) is 0. The van der Waals surface area contributed by atoms with Crippen molar-refractivity contribution in [2.45, 2.75) is 70.8 Å². The molecule has 0 radical (unpaired) electrons. The van der Waals surface area contributed by atoms with Crippen molar-refractivity contribution in [3.05, 3.63) is 29.3 Å². The molecular weight excluding hydrogens is 342 g/mol. The maximum absolute atomic E-state index is 12.7. The lowest BCUT2D eigenvalue weighted by Gasteiger charge is -2.21. The molecule has 0 aromatic heterocycles. The van der Waals surface area contributed by atoms with Gasteiger partial charge in [-0.15, -0.1) is 0 Å². The van der Waals surface area contributed by atoms with E-state index in [1.165, 1.54) is 32.1 Å². The topological polar surface area (TPSA) is 99.9 Å². The zero-order valence-corrected chi connectivity index (χ0v) is 16.4. The van der Waals surface area contributed by atoms with Crippen LogP contribution in [0.15, 0.2) is 23.2 Å². The number of hydrogen-bond acceptors (Lipinski definition) is 4. The highest BCUT2D eigenvalue weighted by atomic mass is 16.6. The second-order valence-corrected chi connectivity index (χ2v) is 7.14. The van der Waals surface area contributed by atoms with Gasteiger partial charge in [0.05, 0.1) is 17.9 Å². The van der Waals surface area contributed by atoms with Crippen molar-refractivity contribution in [2.24, 2.45) is 16.5 Å². The standard InChI is InChI=1S/C21H33N3O3/c1-2-3-4-5-6-7-10-18-15-26-13-8-9-16-14-17(24-21(22)23)11-12-19(16)20(25)27-18/h11-12,14,18H,2-10,13,15H2,1H3,(H4,22,23,24). The molecule has 0 saturated heterocycles. The van der Waals surface area contributed by atoms with Crippen molar-refractivity contribution >= 4 is 17.6 Å². The van der Waals surface area contributed by atoms with E-state index in [4.69, 9.17) is 20.9 Å². The first kappa shape index (κ1) is 21.2. The summed E-state index contributed by atoms with van der Waals surface area (Å²) in [5.74, 6) is -0.289. The maximum atomic E-state index is 12.7. The van der Waals surface area contributed by atoms with Crippen molar-refractivity contribution in [1.29, 1.82) is 0 Å². The first-order chi connectivity index (χ1) is 13.1. The van der Waals surface area contributed by atoms with Crippen LogP contribution in [0.25, 0.3) is 0 Å². The molecule has 1 aromatic rings. The number of carbonyl (C=O) groups excluding carboxylic acids is 1. The van der Waals surface area contributed by atoms with Gasteiger partial charge in [-0.1, -0.05) is 39.0 Å². The van der Waals surface area contributed by atoms with Crippen LogP contribution in [0.3, 0.4) is 0 Å². The van der Waals surface area contributed by atoms with E-state index in [0.717, 1.165) is 31.2 Å². The van der Waals surface area contributed by atoms with Crippen LogP contribution in [0.2, 0.25) is 0 Å². The average Bonchev–Trinajstić information content (AvgIpc) is 2.63. The fraction of sp³-hybridized carbons (Fsp3) is 0.619. The summed E-state index contributed by atoms with van der Waals surface area (Å²) in [5.41, 5.74) is 13.0. The maximum Gasteiger partial charge on any atom is 0.338 e. The highest BCUT2D eigenvalue weighted by Crippen LogP contribution is 2.23. The second-order valence-electron chi connectivity index (χ2n) is 7.14. The first-order valence-electron chi connectivity index (χ1n) is 10.1. The van der Waals surface area contributed by atoms with Gasteiger partial charge in [0.2, 0.25) is 0 Å². The Balaban J connectivity index is 1.99. The van der Waals surface area contributed by atoms with E-state index < -0.39 is 0 Å². The van der Waals surface area contributed by atoms with E-state index in [9.17, 15) is 4.79 Å². The number of aryl methyl sites for hydroxylation is 1. The van der Waals surface area contributed by atoms with Crippen molar-refractivity contribution < 1.29 is 14.3 Å². The van der Waals surface area contributed by atoms with Gasteiger partial charge in [-0.3, -0.25) is 0 Å². The Kier molecular flexibility index (Phi) is 9.11. The van der Waals surface area contributed by atoms with E-state index in [1.807, 2.05) is 6.07 Å². The number of guanidine groups is 1. The molecule has 0 aliphatic carbocycles. The normalized spacial score (nSPS) is 17.7. The summed E-state index contributed by atoms with van der Waals surface area (Å²) in [6.07, 6.45) is 9.52. The minimum atomic E-state index is -0.289. The number of esters is 1. The highest BCUT2D eigenvalue weighted by Gasteiger charge is 2.20. The van der Waals surface area contributed by atoms with Gasteiger partial charge < -0.3 is 20.9 Å². The molecule has 0 amide bonds. The summed E-state index contributed by atoms with van der Waals surface area (Å²) in [5, 5.41) is 0. The molecule has 6 heteroatoms. The number of carbonyl (C=O) groups is 1. The summed E-state index contributed by atoms with van der Waals surface area (Å²) >= 11 is 0. The van der Waals surface area contributed by atoms with Gasteiger partial charge in [0, 0.05) is 6.61 Å². The number of cyclic esters (lactones) is 1. The van der Waals surface area contributed by atoms with E-state index >= 15 is 0 Å². The Bertz CT molecular complexity index is 627. The summed E-state index contributed by atoms with van der Waals surface area (Å²) in [6, 6.07) is 5.34. The molecule has 0 saturated carbocycles. The van der Waals surface area contributed by atoms with Crippen molar-refractivity contribution in [3.63, 3.8) is 0 Å². The predicted octanol–water partition coefficient (Wildman–Crippen LogP) is 3.83. The zero-order chi connectivity index (χ0) is 19.5. The van der Waals surface area contributed by atoms with Gasteiger partial charge in [-0.2, -0.15) is 0 Å². The van der Waals surface area contributed by atoms with E-state index in [-0.39, 0.29) is 18.0 Å². The van der Waals surface area contributed by atoms with Gasteiger partial charge in [-0.25, -0.2) is 9.79 Å². The quantitative estimate of drug-likeness (QED) is 0.311. The summed E-state index contributed by atoms with van der Waals surface area (Å²) in [4.78, 5) is 16.7. The fourth-order valence-corrected chi connectivity index (χ4v) is 3.33. The van der Waals surface area contributed by atoms with Crippen molar-refractivity contribution in [3.8, 4) is 0 Å². The molecule has 0 spiro atoms. The first-order valence-corrected chi connectivity index (χ1v) is 10.1. The number of benzene rings is 1. The number of aliphatic imine (C=N–C) groups is 1. The summed E-state index contributed by atoms with van der Waals surface area (Å²) < 4.78 is 11.5. The SMILES string of the molecule is CCCCCCCCC1COCCCc2cc(N=C(N)N)ccc2C(=O)O1. The zero-order valence-electron chi connectivity index (χ0n) is 16.4. The lowest BCUT2D eigenvalue weighted by molar-refractivity contribution is -0.00938. The van der Waals surface area contributed by atoms with Crippen LogP contribution in [-0.2, 0) is 15.9 Å². The van der Waals surface area contributed by atoms with E-state index in [0.29, 0.717) is 24.5 Å². The monoisotopic (exact) mass is 375 g/mol. The Morgan fingerprint density at radius 2 is 1.96 bits per heavy atom. The minimum Gasteiger partial charge on any atom is -0.456 e. The third kappa shape index (κ3) is 7.59. The van der Waals surface area contributed by atoms with Crippen LogP contribution in [0, 0.1) is 0 Å². The molecule has 150 valence electrons. The second kappa shape index (κ2) is 11.6. The number of fused-ring (bicyclic) bond motifs is 1. The molecule has 1 aliphatic rings. The smallest absolute Gasteiger partial charge is 0.338 e. The molecule has 1 aliphatic heterocycles. The number of unbranched alkanes of at least 4 members (excludes halogenated alkanes) is 5. The molecule has 1 aromatic carbocycles. The molecule has 6 nitrogen and oxygen atoms in total. The highest BCUT2D eigenvalue weighted by molar-refractivity contribution is 5.92. The molecule has 1 atom stereocenters. The molecular formula is C21H33N3O3. The molecule has 0 bridgehead atoms. The number of nitrogens with zero attached hydrogens (tertiary/aromatic N) is 1. The lowest BCUT2D eigenvalue weighted by atomic mass is 10.0. The Morgan fingerprint density at radius 3 is 2.74 bits per heavy atom. The Morgan fingerprint density at radius 1 is 1.19 bits per heavy atom. The van der Waals surface area contributed by atoms with Gasteiger partial charge in [0.25, 0.3) is 0 Å². The molecule has 0 fully saturated rings. The van der Waals surface area contributed by atoms with Gasteiger partial charge in [0.15, 0.2) is 5.96 Å². The van der Waals surface area contributed by atoms with Crippen LogP contribution in [0.5, 0.6) is 0 Å². The average molecular weight is 376 g/mol. The summed E-state index contributed by atoms with van der Waals surface area (Å²) in [6.45, 7) is 3.34. The molecule has 2 rings (SSSR count). The Labute approximate surface area is 162 Å². The van der Waals surface area contributed by atoms with Crippen LogP contribution in [0.1, 0.15) is 74.2 Å². The van der Waals surface area contributed by atoms with Gasteiger partial charge in [0.1, 0.15) is 6.10 Å². The minimum absolute atomic E-state index is 0.000253. The molecule has 27 heavy (non-hydrogen) atoms. The number of ether oxygens (including phenoxy) is 2. The predicted molar refractivity (Wildman–Crippen MR) is 108 cm³/mol. The van der Waals surface area contributed by atoms with E-state index in [2.05, 4.69) is 11.9 Å². The molecule has 1 heterocycles. The van der Waals surface area contributed by atoms with Gasteiger partial charge >= 0.3 is 5.97 Å². The number of nitrogens with two attached hydrogens (primary N) is 2. The van der Waals surface area contributed by atoms with Crippen LogP contribution in [0.4, 0.5) is 5.69 Å². The van der Waals surface area contributed by atoms with Crippen LogP contribution < -0.4 is 11.5 Å². The van der Waals surface area contributed by atoms with Crippen LogP contribution in [-0.4, -0.2) is 31.2 Å².